The molecule has 0 saturated heterocycles. The number of aryl methyl sites for hydroxylation is 2. The maximum absolute atomic E-state index is 12.5. The lowest BCUT2D eigenvalue weighted by atomic mass is 10.1. The zero-order valence-corrected chi connectivity index (χ0v) is 16.3. The molecule has 1 N–H and O–H groups in total. The second-order valence-corrected chi connectivity index (χ2v) is 7.22. The molecular weight excluding hydrogens is 354 g/mol. The SMILES string of the molecule is CCCCNC(=O)CN1C(=O)CCn2nc(-c3cn(C)c4ccccc34)cc21. The molecule has 0 saturated carbocycles. The number of carbonyl (C=O) groups is 2. The van der Waals surface area contributed by atoms with Gasteiger partial charge in [-0.15, -0.1) is 0 Å². The van der Waals surface area contributed by atoms with Crippen molar-refractivity contribution >= 4 is 28.5 Å². The second kappa shape index (κ2) is 7.50. The van der Waals surface area contributed by atoms with Crippen LogP contribution in [0.1, 0.15) is 26.2 Å². The third kappa shape index (κ3) is 3.28. The normalized spacial score (nSPS) is 13.8. The Bertz CT molecular complexity index is 1030. The number of aromatic nitrogens is 3. The molecule has 0 bridgehead atoms. The van der Waals surface area contributed by atoms with E-state index in [4.69, 9.17) is 5.10 Å². The van der Waals surface area contributed by atoms with Gasteiger partial charge in [-0.2, -0.15) is 5.10 Å². The number of fused-ring (bicyclic) bond motifs is 2. The maximum atomic E-state index is 12.5. The Kier molecular flexibility index (Phi) is 4.90. The largest absolute Gasteiger partial charge is 0.355 e. The van der Waals surface area contributed by atoms with Crippen LogP contribution in [-0.2, 0) is 23.2 Å². The molecule has 0 radical (unpaired) electrons. The molecule has 0 unspecified atom stereocenters. The number of rotatable bonds is 6. The van der Waals surface area contributed by atoms with E-state index in [0.717, 1.165) is 35.0 Å². The summed E-state index contributed by atoms with van der Waals surface area (Å²) in [5.74, 6) is 0.510. The summed E-state index contributed by atoms with van der Waals surface area (Å²) in [7, 11) is 2.01. The van der Waals surface area contributed by atoms with Crippen molar-refractivity contribution in [2.75, 3.05) is 18.0 Å². The van der Waals surface area contributed by atoms with Crippen LogP contribution in [0.15, 0.2) is 36.5 Å². The fraction of sp³-hybridized carbons (Fsp3) is 0.381. The van der Waals surface area contributed by atoms with Gasteiger partial charge < -0.3 is 9.88 Å². The summed E-state index contributed by atoms with van der Waals surface area (Å²) in [5, 5.41) is 8.73. The number of benzene rings is 1. The molecular formula is C21H25N5O2. The Hall–Kier alpha value is -3.09. The maximum Gasteiger partial charge on any atom is 0.240 e. The standard InChI is InChI=1S/C21H25N5O2/c1-3-4-10-22-19(27)14-25-20-12-17(23-26(20)11-9-21(25)28)16-13-24(2)18-8-6-5-7-15(16)18/h5-8,12-13H,3-4,9-11,14H2,1-2H3,(H,22,27). The van der Waals surface area contributed by atoms with E-state index in [1.54, 1.807) is 4.90 Å². The van der Waals surface area contributed by atoms with Gasteiger partial charge in [0, 0.05) is 48.7 Å². The van der Waals surface area contributed by atoms with E-state index < -0.39 is 0 Å². The summed E-state index contributed by atoms with van der Waals surface area (Å²) in [4.78, 5) is 26.3. The Labute approximate surface area is 163 Å². The summed E-state index contributed by atoms with van der Waals surface area (Å²) in [6.45, 7) is 3.28. The number of nitrogens with zero attached hydrogens (tertiary/aromatic N) is 4. The molecule has 2 amide bonds. The summed E-state index contributed by atoms with van der Waals surface area (Å²) >= 11 is 0. The first kappa shape index (κ1) is 18.3. The minimum Gasteiger partial charge on any atom is -0.355 e. The molecule has 146 valence electrons. The summed E-state index contributed by atoms with van der Waals surface area (Å²) in [6.07, 6.45) is 4.36. The molecule has 0 fully saturated rings. The molecule has 7 nitrogen and oxygen atoms in total. The Morgan fingerprint density at radius 3 is 2.93 bits per heavy atom. The van der Waals surface area contributed by atoms with E-state index in [9.17, 15) is 9.59 Å². The molecule has 0 atom stereocenters. The molecule has 0 aliphatic carbocycles. The van der Waals surface area contributed by atoms with Crippen LogP contribution in [-0.4, -0.2) is 39.3 Å². The number of nitrogens with one attached hydrogen (secondary N) is 1. The minimum atomic E-state index is -0.136. The number of anilines is 1. The summed E-state index contributed by atoms with van der Waals surface area (Å²) in [5.41, 5.74) is 2.98. The third-order valence-electron chi connectivity index (χ3n) is 5.20. The number of amides is 2. The van der Waals surface area contributed by atoms with Gasteiger partial charge in [0.2, 0.25) is 11.8 Å². The topological polar surface area (TPSA) is 72.2 Å². The van der Waals surface area contributed by atoms with Crippen molar-refractivity contribution in [3.8, 4) is 11.3 Å². The Balaban J connectivity index is 1.64. The van der Waals surface area contributed by atoms with Gasteiger partial charge in [0.25, 0.3) is 0 Å². The predicted octanol–water partition coefficient (Wildman–Crippen LogP) is 2.69. The van der Waals surface area contributed by atoms with E-state index >= 15 is 0 Å². The van der Waals surface area contributed by atoms with Gasteiger partial charge in [0.1, 0.15) is 12.4 Å². The quantitative estimate of drug-likeness (QED) is 0.670. The molecule has 3 aromatic rings. The minimum absolute atomic E-state index is 0.0310. The molecule has 1 aliphatic rings. The number of hydrogen-bond donors (Lipinski definition) is 1. The van der Waals surface area contributed by atoms with Gasteiger partial charge in [-0.05, 0) is 12.5 Å². The molecule has 1 aromatic carbocycles. The lowest BCUT2D eigenvalue weighted by Gasteiger charge is -2.26. The highest BCUT2D eigenvalue weighted by molar-refractivity contribution is 6.00. The van der Waals surface area contributed by atoms with Gasteiger partial charge in [0.15, 0.2) is 0 Å². The van der Waals surface area contributed by atoms with Crippen molar-refractivity contribution in [1.29, 1.82) is 0 Å². The van der Waals surface area contributed by atoms with Crippen molar-refractivity contribution in [2.45, 2.75) is 32.7 Å². The number of carbonyl (C=O) groups excluding carboxylic acids is 2. The van der Waals surface area contributed by atoms with Crippen molar-refractivity contribution in [3.63, 3.8) is 0 Å². The van der Waals surface area contributed by atoms with Gasteiger partial charge >= 0.3 is 0 Å². The fourth-order valence-electron chi connectivity index (χ4n) is 3.70. The first-order valence-electron chi connectivity index (χ1n) is 9.78. The van der Waals surface area contributed by atoms with Crippen molar-refractivity contribution in [2.24, 2.45) is 7.05 Å². The molecule has 7 heteroatoms. The highest BCUT2D eigenvalue weighted by atomic mass is 16.2. The molecule has 2 aromatic heterocycles. The average molecular weight is 379 g/mol. The zero-order chi connectivity index (χ0) is 19.7. The predicted molar refractivity (Wildman–Crippen MR) is 109 cm³/mol. The van der Waals surface area contributed by atoms with Gasteiger partial charge in [-0.3, -0.25) is 14.5 Å². The number of hydrogen-bond acceptors (Lipinski definition) is 3. The smallest absolute Gasteiger partial charge is 0.240 e. The van der Waals surface area contributed by atoms with Crippen LogP contribution >= 0.6 is 0 Å². The number of para-hydroxylation sites is 1. The van der Waals surface area contributed by atoms with Gasteiger partial charge in [-0.25, -0.2) is 4.68 Å². The molecule has 4 rings (SSSR count). The van der Waals surface area contributed by atoms with E-state index in [1.165, 1.54) is 0 Å². The van der Waals surface area contributed by atoms with Crippen molar-refractivity contribution < 1.29 is 9.59 Å². The van der Waals surface area contributed by atoms with E-state index in [-0.39, 0.29) is 18.4 Å². The van der Waals surface area contributed by atoms with Gasteiger partial charge in [-0.1, -0.05) is 31.5 Å². The van der Waals surface area contributed by atoms with Crippen LogP contribution < -0.4 is 10.2 Å². The van der Waals surface area contributed by atoms with Crippen LogP contribution in [0.4, 0.5) is 5.82 Å². The lowest BCUT2D eigenvalue weighted by Crippen LogP contribution is -2.44. The molecule has 28 heavy (non-hydrogen) atoms. The van der Waals surface area contributed by atoms with Crippen LogP contribution in [0, 0.1) is 0 Å². The zero-order valence-electron chi connectivity index (χ0n) is 16.3. The highest BCUT2D eigenvalue weighted by Crippen LogP contribution is 2.33. The van der Waals surface area contributed by atoms with E-state index in [0.29, 0.717) is 25.3 Å². The molecule has 3 heterocycles. The molecule has 1 aliphatic heterocycles. The van der Waals surface area contributed by atoms with E-state index in [2.05, 4.69) is 35.1 Å². The monoisotopic (exact) mass is 379 g/mol. The van der Waals surface area contributed by atoms with Crippen LogP contribution in [0.25, 0.3) is 22.2 Å². The van der Waals surface area contributed by atoms with Crippen molar-refractivity contribution in [3.05, 3.63) is 36.5 Å². The van der Waals surface area contributed by atoms with Crippen LogP contribution in [0.2, 0.25) is 0 Å². The highest BCUT2D eigenvalue weighted by Gasteiger charge is 2.28. The third-order valence-corrected chi connectivity index (χ3v) is 5.20. The number of unbranched alkanes of at least 4 members (excludes halogenated alkanes) is 1. The first-order chi connectivity index (χ1) is 13.6. The van der Waals surface area contributed by atoms with Crippen LogP contribution in [0.3, 0.4) is 0 Å². The summed E-state index contributed by atoms with van der Waals surface area (Å²) in [6, 6.07) is 10.1. The Morgan fingerprint density at radius 2 is 2.11 bits per heavy atom. The van der Waals surface area contributed by atoms with Crippen LogP contribution in [0.5, 0.6) is 0 Å². The summed E-state index contributed by atoms with van der Waals surface area (Å²) < 4.78 is 3.91. The fourth-order valence-corrected chi connectivity index (χ4v) is 3.70. The first-order valence-corrected chi connectivity index (χ1v) is 9.78. The van der Waals surface area contributed by atoms with Crippen molar-refractivity contribution in [1.82, 2.24) is 19.7 Å². The second-order valence-electron chi connectivity index (χ2n) is 7.22. The molecule has 0 spiro atoms. The average Bonchev–Trinajstić information content (AvgIpc) is 3.26. The lowest BCUT2D eigenvalue weighted by molar-refractivity contribution is -0.124. The van der Waals surface area contributed by atoms with E-state index in [1.807, 2.05) is 29.9 Å². The Morgan fingerprint density at radius 1 is 1.29 bits per heavy atom. The van der Waals surface area contributed by atoms with Gasteiger partial charge in [0.05, 0.1) is 12.2 Å².